The summed E-state index contributed by atoms with van der Waals surface area (Å²) in [6.07, 6.45) is 0.522. The van der Waals surface area contributed by atoms with E-state index in [1.54, 1.807) is 42.5 Å². The standard InChI is InChI=1S/C23H21N5O3S/c24-21-20-18(5-2-6-19(20)32-28-21)22(30)25-15-7-9-16(10-8-15)26-23(31)27-17-4-1-3-14(13-17)11-12-29/h1-10,13,29H,11-12H2,(H2,24,28)(H,25,30)(H2,26,27,31). The maximum atomic E-state index is 12.7. The number of hydrogen-bond acceptors (Lipinski definition) is 6. The Labute approximate surface area is 188 Å². The number of aliphatic hydroxyl groups excluding tert-OH is 1. The highest BCUT2D eigenvalue weighted by molar-refractivity contribution is 7.13. The monoisotopic (exact) mass is 447 g/mol. The number of nitrogens with two attached hydrogens (primary N) is 1. The Morgan fingerprint density at radius 3 is 2.34 bits per heavy atom. The highest BCUT2D eigenvalue weighted by Gasteiger charge is 2.15. The van der Waals surface area contributed by atoms with Crippen LogP contribution in [-0.4, -0.2) is 28.0 Å². The van der Waals surface area contributed by atoms with Crippen LogP contribution in [0.4, 0.5) is 27.7 Å². The van der Waals surface area contributed by atoms with Crippen molar-refractivity contribution in [2.75, 3.05) is 28.3 Å². The van der Waals surface area contributed by atoms with Gasteiger partial charge in [0, 0.05) is 29.1 Å². The molecule has 1 aromatic heterocycles. The first kappa shape index (κ1) is 21.3. The molecule has 3 aromatic carbocycles. The van der Waals surface area contributed by atoms with Gasteiger partial charge in [-0.2, -0.15) is 4.37 Å². The van der Waals surface area contributed by atoms with Crippen LogP contribution in [0.1, 0.15) is 15.9 Å². The van der Waals surface area contributed by atoms with Crippen molar-refractivity contribution >= 4 is 56.4 Å². The molecular formula is C23H21N5O3S. The largest absolute Gasteiger partial charge is 0.396 e. The molecule has 8 nitrogen and oxygen atoms in total. The molecule has 0 radical (unpaired) electrons. The number of nitrogens with one attached hydrogen (secondary N) is 3. The van der Waals surface area contributed by atoms with Crippen molar-refractivity contribution in [3.63, 3.8) is 0 Å². The summed E-state index contributed by atoms with van der Waals surface area (Å²) in [5.41, 5.74) is 9.09. The number of carbonyl (C=O) groups is 2. The number of rotatable bonds is 6. The summed E-state index contributed by atoms with van der Waals surface area (Å²) in [6, 6.07) is 19.0. The zero-order valence-corrected chi connectivity index (χ0v) is 17.8. The minimum absolute atomic E-state index is 0.0468. The Morgan fingerprint density at radius 2 is 1.59 bits per heavy atom. The number of aromatic nitrogens is 1. The average molecular weight is 448 g/mol. The summed E-state index contributed by atoms with van der Waals surface area (Å²) in [7, 11) is 0. The van der Waals surface area contributed by atoms with Crippen molar-refractivity contribution in [1.29, 1.82) is 0 Å². The number of nitrogen functional groups attached to an aromatic ring is 1. The maximum Gasteiger partial charge on any atom is 0.323 e. The van der Waals surface area contributed by atoms with Gasteiger partial charge in [0.15, 0.2) is 0 Å². The lowest BCUT2D eigenvalue weighted by molar-refractivity contribution is 0.102. The number of anilines is 4. The second-order valence-corrected chi connectivity index (χ2v) is 7.84. The third-order valence-corrected chi connectivity index (χ3v) is 5.58. The van der Waals surface area contributed by atoms with Crippen LogP contribution in [0.3, 0.4) is 0 Å². The SMILES string of the molecule is Nc1nsc2cccc(C(=O)Nc3ccc(NC(=O)Nc4cccc(CCO)c4)cc3)c12. The third kappa shape index (κ3) is 4.85. The van der Waals surface area contributed by atoms with E-state index in [-0.39, 0.29) is 12.5 Å². The molecule has 9 heteroatoms. The number of amides is 3. The number of nitrogens with zero attached hydrogens (tertiary/aromatic N) is 1. The molecule has 0 saturated heterocycles. The lowest BCUT2D eigenvalue weighted by Crippen LogP contribution is -2.19. The molecule has 32 heavy (non-hydrogen) atoms. The van der Waals surface area contributed by atoms with Crippen molar-refractivity contribution in [2.45, 2.75) is 6.42 Å². The Bertz CT molecular complexity index is 1270. The van der Waals surface area contributed by atoms with Gasteiger partial charge in [0.2, 0.25) is 0 Å². The Balaban J connectivity index is 1.38. The van der Waals surface area contributed by atoms with E-state index >= 15 is 0 Å². The molecule has 0 aliphatic rings. The molecular weight excluding hydrogens is 426 g/mol. The van der Waals surface area contributed by atoms with Gasteiger partial charge >= 0.3 is 6.03 Å². The van der Waals surface area contributed by atoms with Gasteiger partial charge in [-0.05, 0) is 72.0 Å². The van der Waals surface area contributed by atoms with Crippen LogP contribution in [0.2, 0.25) is 0 Å². The molecule has 6 N–H and O–H groups in total. The van der Waals surface area contributed by atoms with Crippen LogP contribution >= 0.6 is 11.5 Å². The zero-order chi connectivity index (χ0) is 22.5. The van der Waals surface area contributed by atoms with Crippen molar-refractivity contribution in [1.82, 2.24) is 4.37 Å². The molecule has 0 bridgehead atoms. The Hall–Kier alpha value is -3.95. The first-order valence-corrected chi connectivity index (χ1v) is 10.6. The van der Waals surface area contributed by atoms with Gasteiger partial charge in [-0.25, -0.2) is 4.79 Å². The number of fused-ring (bicyclic) bond motifs is 1. The lowest BCUT2D eigenvalue weighted by Gasteiger charge is -2.10. The molecule has 0 atom stereocenters. The number of carbonyl (C=O) groups excluding carboxylic acids is 2. The van der Waals surface area contributed by atoms with Crippen molar-refractivity contribution in [2.24, 2.45) is 0 Å². The van der Waals surface area contributed by atoms with Gasteiger partial charge < -0.3 is 26.8 Å². The molecule has 1 heterocycles. The minimum Gasteiger partial charge on any atom is -0.396 e. The topological polar surface area (TPSA) is 129 Å². The van der Waals surface area contributed by atoms with Crippen LogP contribution in [0, 0.1) is 0 Å². The third-order valence-electron chi connectivity index (χ3n) is 4.76. The molecule has 0 fully saturated rings. The first-order valence-electron chi connectivity index (χ1n) is 9.86. The molecule has 3 amide bonds. The van der Waals surface area contributed by atoms with Gasteiger partial charge in [0.1, 0.15) is 5.82 Å². The molecule has 4 aromatic rings. The summed E-state index contributed by atoms with van der Waals surface area (Å²) >= 11 is 1.25. The van der Waals surface area contributed by atoms with Crippen LogP contribution < -0.4 is 21.7 Å². The Kier molecular flexibility index (Phi) is 6.29. The van der Waals surface area contributed by atoms with E-state index in [2.05, 4.69) is 20.3 Å². The summed E-state index contributed by atoms with van der Waals surface area (Å²) in [4.78, 5) is 25.0. The van der Waals surface area contributed by atoms with Crippen LogP contribution in [0.25, 0.3) is 10.1 Å². The number of benzene rings is 3. The molecule has 0 unspecified atom stereocenters. The fraction of sp³-hybridized carbons (Fsp3) is 0.0870. The maximum absolute atomic E-state index is 12.7. The van der Waals surface area contributed by atoms with Gasteiger partial charge in [-0.1, -0.05) is 18.2 Å². The molecule has 0 spiro atoms. The van der Waals surface area contributed by atoms with Crippen molar-refractivity contribution in [3.05, 3.63) is 77.9 Å². The lowest BCUT2D eigenvalue weighted by atomic mass is 10.1. The number of hydrogen-bond donors (Lipinski definition) is 5. The fourth-order valence-electron chi connectivity index (χ4n) is 3.27. The highest BCUT2D eigenvalue weighted by Crippen LogP contribution is 2.28. The van der Waals surface area contributed by atoms with E-state index in [1.165, 1.54) is 11.5 Å². The first-order chi connectivity index (χ1) is 15.5. The number of urea groups is 1. The van der Waals surface area contributed by atoms with E-state index in [0.717, 1.165) is 10.3 Å². The fourth-order valence-corrected chi connectivity index (χ4v) is 4.00. The normalized spacial score (nSPS) is 10.7. The summed E-state index contributed by atoms with van der Waals surface area (Å²) in [6.45, 7) is 0.0468. The van der Waals surface area contributed by atoms with Crippen molar-refractivity contribution in [3.8, 4) is 0 Å². The summed E-state index contributed by atoms with van der Waals surface area (Å²) in [5.74, 6) is 0.0481. The predicted octanol–water partition coefficient (Wildman–Crippen LogP) is 4.31. The van der Waals surface area contributed by atoms with Gasteiger partial charge in [0.05, 0.1) is 10.3 Å². The van der Waals surface area contributed by atoms with E-state index in [4.69, 9.17) is 10.8 Å². The second kappa shape index (κ2) is 9.46. The number of aliphatic hydroxyl groups is 1. The molecule has 162 valence electrons. The summed E-state index contributed by atoms with van der Waals surface area (Å²) in [5, 5.41) is 18.0. The molecule has 0 aliphatic carbocycles. The van der Waals surface area contributed by atoms with Crippen molar-refractivity contribution < 1.29 is 14.7 Å². The van der Waals surface area contributed by atoms with Crippen LogP contribution in [0.5, 0.6) is 0 Å². The average Bonchev–Trinajstić information content (AvgIpc) is 3.16. The Morgan fingerprint density at radius 1 is 0.906 bits per heavy atom. The molecule has 4 rings (SSSR count). The van der Waals surface area contributed by atoms with Crippen LogP contribution in [-0.2, 0) is 6.42 Å². The van der Waals surface area contributed by atoms with Gasteiger partial charge in [-0.15, -0.1) is 0 Å². The van der Waals surface area contributed by atoms with Gasteiger partial charge in [-0.3, -0.25) is 4.79 Å². The summed E-state index contributed by atoms with van der Waals surface area (Å²) < 4.78 is 4.96. The van der Waals surface area contributed by atoms with E-state index in [1.807, 2.05) is 24.3 Å². The highest BCUT2D eigenvalue weighted by atomic mass is 32.1. The smallest absolute Gasteiger partial charge is 0.323 e. The molecule has 0 aliphatic heterocycles. The van der Waals surface area contributed by atoms with Gasteiger partial charge in [0.25, 0.3) is 5.91 Å². The quantitative estimate of drug-likeness (QED) is 0.301. The minimum atomic E-state index is -0.393. The zero-order valence-electron chi connectivity index (χ0n) is 17.0. The second-order valence-electron chi connectivity index (χ2n) is 7.03. The predicted molar refractivity (Wildman–Crippen MR) is 128 cm³/mol. The van der Waals surface area contributed by atoms with E-state index in [0.29, 0.717) is 40.3 Å². The van der Waals surface area contributed by atoms with Crippen LogP contribution in [0.15, 0.2) is 66.7 Å². The van der Waals surface area contributed by atoms with E-state index < -0.39 is 6.03 Å². The van der Waals surface area contributed by atoms with E-state index in [9.17, 15) is 9.59 Å². The molecule has 0 saturated carbocycles.